The van der Waals surface area contributed by atoms with Crippen LogP contribution >= 0.6 is 0 Å². The van der Waals surface area contributed by atoms with E-state index >= 15 is 0 Å². The maximum Gasteiger partial charge on any atom is 0.00732 e. The van der Waals surface area contributed by atoms with Gasteiger partial charge in [-0.05, 0) is 51.7 Å². The molecule has 2 unspecified atom stereocenters. The molecule has 0 aliphatic carbocycles. The predicted octanol–water partition coefficient (Wildman–Crippen LogP) is 1.54. The molecule has 0 saturated carbocycles. The van der Waals surface area contributed by atoms with Gasteiger partial charge in [0.2, 0.25) is 0 Å². The zero-order valence-electron chi connectivity index (χ0n) is 8.68. The van der Waals surface area contributed by atoms with Gasteiger partial charge in [-0.2, -0.15) is 0 Å². The summed E-state index contributed by atoms with van der Waals surface area (Å²) in [6, 6.07) is 0.583. The Morgan fingerprint density at radius 3 is 3.15 bits per heavy atom. The zero-order valence-corrected chi connectivity index (χ0v) is 8.68. The molecule has 2 heteroatoms. The molecule has 0 radical (unpaired) electrons. The molecular weight excluding hydrogens is 160 g/mol. The normalized spacial score (nSPS) is 25.5. The summed E-state index contributed by atoms with van der Waals surface area (Å²) < 4.78 is 0. The first kappa shape index (κ1) is 10.7. The van der Waals surface area contributed by atoms with Gasteiger partial charge in [-0.3, -0.25) is 0 Å². The molecule has 1 aliphatic heterocycles. The lowest BCUT2D eigenvalue weighted by atomic mass is 9.99. The molecule has 2 N–H and O–H groups in total. The molecule has 0 aromatic rings. The number of hydrogen-bond donors (Lipinski definition) is 2. The van der Waals surface area contributed by atoms with Crippen molar-refractivity contribution < 1.29 is 0 Å². The average Bonchev–Trinajstić information content (AvgIpc) is 2.17. The largest absolute Gasteiger partial charge is 0.316 e. The Labute approximate surface area is 81.8 Å². The van der Waals surface area contributed by atoms with Gasteiger partial charge in [-0.15, -0.1) is 6.58 Å². The first-order valence-electron chi connectivity index (χ1n) is 5.38. The van der Waals surface area contributed by atoms with Gasteiger partial charge >= 0.3 is 0 Å². The highest BCUT2D eigenvalue weighted by molar-refractivity contribution is 4.77. The van der Waals surface area contributed by atoms with Crippen molar-refractivity contribution in [2.75, 3.05) is 19.6 Å². The monoisotopic (exact) mass is 182 g/mol. The second-order valence-corrected chi connectivity index (χ2v) is 4.05. The smallest absolute Gasteiger partial charge is 0.00732 e. The molecule has 2 atom stereocenters. The first-order chi connectivity index (χ1) is 6.33. The minimum absolute atomic E-state index is 0.583. The molecule has 0 spiro atoms. The summed E-state index contributed by atoms with van der Waals surface area (Å²) in [6.45, 7) is 9.51. The lowest BCUT2D eigenvalue weighted by molar-refractivity contribution is 0.347. The fourth-order valence-electron chi connectivity index (χ4n) is 1.80. The molecule has 2 nitrogen and oxygen atoms in total. The Morgan fingerprint density at radius 1 is 1.69 bits per heavy atom. The van der Waals surface area contributed by atoms with Crippen LogP contribution in [0.15, 0.2) is 12.7 Å². The summed E-state index contributed by atoms with van der Waals surface area (Å²) in [5, 5.41) is 6.97. The van der Waals surface area contributed by atoms with Gasteiger partial charge in [0.25, 0.3) is 0 Å². The van der Waals surface area contributed by atoms with Crippen LogP contribution in [0.25, 0.3) is 0 Å². The number of hydrogen-bond acceptors (Lipinski definition) is 2. The summed E-state index contributed by atoms with van der Waals surface area (Å²) in [6.07, 6.45) is 5.76. The molecule has 1 saturated heterocycles. The maximum atomic E-state index is 3.74. The van der Waals surface area contributed by atoms with Gasteiger partial charge in [0, 0.05) is 6.04 Å². The Kier molecular flexibility index (Phi) is 5.09. The second kappa shape index (κ2) is 6.17. The van der Waals surface area contributed by atoms with Crippen molar-refractivity contribution in [1.29, 1.82) is 0 Å². The van der Waals surface area contributed by atoms with Crippen molar-refractivity contribution in [3.8, 4) is 0 Å². The van der Waals surface area contributed by atoms with Gasteiger partial charge in [-0.25, -0.2) is 0 Å². The van der Waals surface area contributed by atoms with Crippen LogP contribution in [0.2, 0.25) is 0 Å². The summed E-state index contributed by atoms with van der Waals surface area (Å²) in [5.41, 5.74) is 0. The standard InChI is InChI=1S/C11H22N2/c1-3-5-10(2)13-9-11-6-4-7-12-8-11/h3,10-13H,1,4-9H2,2H3. The van der Waals surface area contributed by atoms with E-state index in [1.807, 2.05) is 6.08 Å². The van der Waals surface area contributed by atoms with Crippen molar-refractivity contribution in [2.45, 2.75) is 32.2 Å². The quantitative estimate of drug-likeness (QED) is 0.630. The van der Waals surface area contributed by atoms with Gasteiger partial charge in [0.05, 0.1) is 0 Å². The SMILES string of the molecule is C=CCC(C)NCC1CCCNC1. The highest BCUT2D eigenvalue weighted by atomic mass is 14.9. The van der Waals surface area contributed by atoms with Crippen LogP contribution in [0.5, 0.6) is 0 Å². The lowest BCUT2D eigenvalue weighted by Crippen LogP contribution is -2.38. The van der Waals surface area contributed by atoms with Gasteiger partial charge in [-0.1, -0.05) is 6.08 Å². The summed E-state index contributed by atoms with van der Waals surface area (Å²) >= 11 is 0. The summed E-state index contributed by atoms with van der Waals surface area (Å²) in [7, 11) is 0. The van der Waals surface area contributed by atoms with Crippen LogP contribution < -0.4 is 10.6 Å². The molecular formula is C11H22N2. The molecule has 1 aliphatic rings. The Balaban J connectivity index is 2.06. The van der Waals surface area contributed by atoms with Crippen LogP contribution in [-0.2, 0) is 0 Å². The molecule has 0 amide bonds. The van der Waals surface area contributed by atoms with Gasteiger partial charge in [0.1, 0.15) is 0 Å². The molecule has 1 heterocycles. The Bertz CT molecular complexity index is 139. The van der Waals surface area contributed by atoms with E-state index in [0.29, 0.717) is 6.04 Å². The van der Waals surface area contributed by atoms with E-state index in [4.69, 9.17) is 0 Å². The molecule has 76 valence electrons. The van der Waals surface area contributed by atoms with E-state index in [1.165, 1.54) is 25.9 Å². The van der Waals surface area contributed by atoms with E-state index in [2.05, 4.69) is 24.1 Å². The topological polar surface area (TPSA) is 24.1 Å². The van der Waals surface area contributed by atoms with Crippen LogP contribution in [-0.4, -0.2) is 25.7 Å². The third-order valence-corrected chi connectivity index (χ3v) is 2.67. The van der Waals surface area contributed by atoms with Crippen LogP contribution in [0.3, 0.4) is 0 Å². The highest BCUT2D eigenvalue weighted by Gasteiger charge is 2.12. The number of nitrogens with one attached hydrogen (secondary N) is 2. The first-order valence-corrected chi connectivity index (χ1v) is 5.38. The fraction of sp³-hybridized carbons (Fsp3) is 0.818. The molecule has 0 aromatic heterocycles. The van der Waals surface area contributed by atoms with Crippen LogP contribution in [0.1, 0.15) is 26.2 Å². The summed E-state index contributed by atoms with van der Waals surface area (Å²) in [4.78, 5) is 0. The minimum Gasteiger partial charge on any atom is -0.316 e. The molecule has 13 heavy (non-hydrogen) atoms. The average molecular weight is 182 g/mol. The van der Waals surface area contributed by atoms with E-state index in [-0.39, 0.29) is 0 Å². The van der Waals surface area contributed by atoms with Gasteiger partial charge < -0.3 is 10.6 Å². The van der Waals surface area contributed by atoms with E-state index < -0.39 is 0 Å². The lowest BCUT2D eigenvalue weighted by Gasteiger charge is -2.24. The van der Waals surface area contributed by atoms with E-state index in [9.17, 15) is 0 Å². The van der Waals surface area contributed by atoms with Crippen LogP contribution in [0.4, 0.5) is 0 Å². The van der Waals surface area contributed by atoms with Crippen molar-refractivity contribution in [3.63, 3.8) is 0 Å². The third-order valence-electron chi connectivity index (χ3n) is 2.67. The second-order valence-electron chi connectivity index (χ2n) is 4.05. The maximum absolute atomic E-state index is 3.74. The van der Waals surface area contributed by atoms with Crippen molar-refractivity contribution in [2.24, 2.45) is 5.92 Å². The Hall–Kier alpha value is -0.340. The fourth-order valence-corrected chi connectivity index (χ4v) is 1.80. The van der Waals surface area contributed by atoms with Gasteiger partial charge in [0.15, 0.2) is 0 Å². The Morgan fingerprint density at radius 2 is 2.54 bits per heavy atom. The minimum atomic E-state index is 0.583. The highest BCUT2D eigenvalue weighted by Crippen LogP contribution is 2.08. The van der Waals surface area contributed by atoms with E-state index in [1.54, 1.807) is 0 Å². The predicted molar refractivity (Wildman–Crippen MR) is 57.9 cm³/mol. The zero-order chi connectivity index (χ0) is 9.52. The van der Waals surface area contributed by atoms with Crippen LogP contribution in [0, 0.1) is 5.92 Å². The van der Waals surface area contributed by atoms with E-state index in [0.717, 1.165) is 18.9 Å². The van der Waals surface area contributed by atoms with Crippen molar-refractivity contribution >= 4 is 0 Å². The molecule has 1 fully saturated rings. The molecule has 1 rings (SSSR count). The summed E-state index contributed by atoms with van der Waals surface area (Å²) in [5.74, 6) is 0.834. The van der Waals surface area contributed by atoms with Crippen molar-refractivity contribution in [1.82, 2.24) is 10.6 Å². The number of piperidine rings is 1. The molecule has 0 aromatic carbocycles. The third kappa shape index (κ3) is 4.44. The molecule has 0 bridgehead atoms. The number of rotatable bonds is 5. The van der Waals surface area contributed by atoms with Crippen molar-refractivity contribution in [3.05, 3.63) is 12.7 Å².